The first kappa shape index (κ1) is 22.2. The molecule has 36 heavy (non-hydrogen) atoms. The fraction of sp³-hybridized carbons (Fsp3) is 0.296. The Kier molecular flexibility index (Phi) is 5.21. The van der Waals surface area contributed by atoms with Gasteiger partial charge in [0.05, 0.1) is 52.0 Å². The van der Waals surface area contributed by atoms with Crippen molar-refractivity contribution in [2.45, 2.75) is 45.3 Å². The lowest BCUT2D eigenvalue weighted by atomic mass is 10.1. The van der Waals surface area contributed by atoms with Crippen molar-refractivity contribution in [3.05, 3.63) is 60.9 Å². The van der Waals surface area contributed by atoms with E-state index in [9.17, 15) is 4.79 Å². The van der Waals surface area contributed by atoms with Gasteiger partial charge in [0.2, 0.25) is 0 Å². The molecule has 0 saturated carbocycles. The number of carbonyl (C=O) groups excluding carboxylic acids is 1. The van der Waals surface area contributed by atoms with Gasteiger partial charge in [0, 0.05) is 23.9 Å². The van der Waals surface area contributed by atoms with Gasteiger partial charge in [-0.2, -0.15) is 0 Å². The highest BCUT2D eigenvalue weighted by Gasteiger charge is 2.35. The quantitative estimate of drug-likeness (QED) is 0.345. The smallest absolute Gasteiger partial charge is 0.410 e. The molecule has 1 aliphatic rings. The molecule has 5 aromatic rings. The maximum absolute atomic E-state index is 12.7. The van der Waals surface area contributed by atoms with E-state index in [1.807, 2.05) is 63.4 Å². The van der Waals surface area contributed by atoms with Gasteiger partial charge in [-0.05, 0) is 57.9 Å². The maximum Gasteiger partial charge on any atom is 0.410 e. The Bertz CT molecular complexity index is 1570. The van der Waals surface area contributed by atoms with Crippen LogP contribution in [0.15, 0.2) is 55.1 Å². The van der Waals surface area contributed by atoms with Crippen molar-refractivity contribution in [2.75, 3.05) is 6.54 Å². The Hall–Kier alpha value is -4.27. The number of fused-ring (bicyclic) bond motifs is 2. The van der Waals surface area contributed by atoms with Gasteiger partial charge in [-0.25, -0.2) is 19.7 Å². The van der Waals surface area contributed by atoms with Crippen molar-refractivity contribution in [1.82, 2.24) is 34.8 Å². The number of nitrogens with zero attached hydrogens (tertiary/aromatic N) is 5. The largest absolute Gasteiger partial charge is 0.444 e. The summed E-state index contributed by atoms with van der Waals surface area (Å²) in [6.07, 6.45) is 6.77. The van der Waals surface area contributed by atoms with Crippen LogP contribution in [0, 0.1) is 0 Å². The van der Waals surface area contributed by atoms with Gasteiger partial charge in [-0.15, -0.1) is 0 Å². The molecule has 1 saturated heterocycles. The first-order chi connectivity index (χ1) is 17.3. The van der Waals surface area contributed by atoms with Crippen LogP contribution in [0.25, 0.3) is 44.6 Å². The van der Waals surface area contributed by atoms with Crippen molar-refractivity contribution in [3.8, 4) is 22.5 Å². The third-order valence-electron chi connectivity index (χ3n) is 6.33. The number of benzene rings is 2. The minimum absolute atomic E-state index is 0.125. The van der Waals surface area contributed by atoms with Crippen LogP contribution in [0.2, 0.25) is 0 Å². The van der Waals surface area contributed by atoms with E-state index in [4.69, 9.17) is 14.7 Å². The molecule has 6 rings (SSSR count). The molecule has 0 bridgehead atoms. The predicted octanol–water partition coefficient (Wildman–Crippen LogP) is 5.64. The van der Waals surface area contributed by atoms with Crippen LogP contribution in [0.5, 0.6) is 0 Å². The molecule has 1 atom stereocenters. The minimum Gasteiger partial charge on any atom is -0.444 e. The molecular formula is C27H27N7O2. The highest BCUT2D eigenvalue weighted by molar-refractivity contribution is 5.85. The van der Waals surface area contributed by atoms with E-state index in [0.717, 1.165) is 63.2 Å². The monoisotopic (exact) mass is 481 g/mol. The Morgan fingerprint density at radius 2 is 1.81 bits per heavy atom. The van der Waals surface area contributed by atoms with Gasteiger partial charge < -0.3 is 14.7 Å². The number of carbonyl (C=O) groups is 1. The summed E-state index contributed by atoms with van der Waals surface area (Å²) in [5.41, 5.74) is 6.43. The van der Waals surface area contributed by atoms with Gasteiger partial charge in [0.25, 0.3) is 0 Å². The molecule has 1 aliphatic heterocycles. The third kappa shape index (κ3) is 4.17. The number of likely N-dealkylation sites (tertiary alicyclic amines) is 1. The van der Waals surface area contributed by atoms with E-state index in [0.29, 0.717) is 6.54 Å². The van der Waals surface area contributed by atoms with Crippen LogP contribution in [-0.4, -0.2) is 53.0 Å². The van der Waals surface area contributed by atoms with Crippen LogP contribution >= 0.6 is 0 Å². The van der Waals surface area contributed by atoms with E-state index in [1.165, 1.54) is 0 Å². The molecule has 2 aromatic carbocycles. The van der Waals surface area contributed by atoms with Gasteiger partial charge in [-0.3, -0.25) is 9.88 Å². The fourth-order valence-electron chi connectivity index (χ4n) is 4.66. The normalized spacial score (nSPS) is 16.2. The minimum atomic E-state index is -0.533. The summed E-state index contributed by atoms with van der Waals surface area (Å²) < 4.78 is 5.61. The summed E-state index contributed by atoms with van der Waals surface area (Å²) in [4.78, 5) is 39.5. The van der Waals surface area contributed by atoms with Gasteiger partial charge in [0.15, 0.2) is 0 Å². The second-order valence-electron chi connectivity index (χ2n) is 10.1. The molecule has 1 fully saturated rings. The second kappa shape index (κ2) is 8.44. The van der Waals surface area contributed by atoms with E-state index in [-0.39, 0.29) is 12.1 Å². The summed E-state index contributed by atoms with van der Waals surface area (Å²) in [6.45, 7) is 6.31. The van der Waals surface area contributed by atoms with E-state index < -0.39 is 5.60 Å². The molecular weight excluding hydrogens is 454 g/mol. The van der Waals surface area contributed by atoms with Crippen molar-refractivity contribution in [2.24, 2.45) is 0 Å². The molecule has 4 heterocycles. The third-order valence-corrected chi connectivity index (χ3v) is 6.33. The molecule has 9 heteroatoms. The predicted molar refractivity (Wildman–Crippen MR) is 137 cm³/mol. The van der Waals surface area contributed by atoms with E-state index in [2.05, 4.69) is 19.9 Å². The highest BCUT2D eigenvalue weighted by atomic mass is 16.6. The topological polar surface area (TPSA) is 113 Å². The lowest BCUT2D eigenvalue weighted by Crippen LogP contribution is -2.36. The molecule has 2 N–H and O–H groups in total. The standard InChI is InChI=1S/C27H27N7O2/c1-27(2,3)36-26(35)34-10-4-5-24(34)25-32-19-9-7-17(12-21(19)33-25)23-14-29-20-11-16(6-8-18(20)31-23)22-13-28-15-30-22/h6-9,11-15,24H,4-5,10H2,1-3H3,(H,28,30)(H,32,33)/t24-/m0/s1. The first-order valence-electron chi connectivity index (χ1n) is 12.1. The number of nitrogens with one attached hydrogen (secondary N) is 2. The highest BCUT2D eigenvalue weighted by Crippen LogP contribution is 2.33. The Balaban J connectivity index is 1.29. The van der Waals surface area contributed by atoms with Crippen molar-refractivity contribution >= 4 is 28.2 Å². The Morgan fingerprint density at radius 3 is 2.58 bits per heavy atom. The number of ether oxygens (including phenoxy) is 1. The summed E-state index contributed by atoms with van der Waals surface area (Å²) in [7, 11) is 0. The van der Waals surface area contributed by atoms with E-state index >= 15 is 0 Å². The molecule has 0 radical (unpaired) electrons. The molecule has 1 amide bonds. The van der Waals surface area contributed by atoms with Gasteiger partial charge >= 0.3 is 6.09 Å². The zero-order valence-electron chi connectivity index (χ0n) is 20.4. The number of aromatic nitrogens is 6. The number of rotatable bonds is 3. The number of imidazole rings is 2. The lowest BCUT2D eigenvalue weighted by molar-refractivity contribution is 0.0219. The van der Waals surface area contributed by atoms with Crippen LogP contribution in [0.3, 0.4) is 0 Å². The van der Waals surface area contributed by atoms with E-state index in [1.54, 1.807) is 17.4 Å². The summed E-state index contributed by atoms with van der Waals surface area (Å²) in [5.74, 6) is 0.779. The molecule has 182 valence electrons. The molecule has 9 nitrogen and oxygen atoms in total. The summed E-state index contributed by atoms with van der Waals surface area (Å²) in [6, 6.07) is 11.8. The molecule has 0 spiro atoms. The van der Waals surface area contributed by atoms with Gasteiger partial charge in [0.1, 0.15) is 11.4 Å². The number of H-pyrrole nitrogens is 2. The summed E-state index contributed by atoms with van der Waals surface area (Å²) in [5, 5.41) is 0. The molecule has 0 unspecified atom stereocenters. The number of hydrogen-bond acceptors (Lipinski definition) is 6. The number of amides is 1. The van der Waals surface area contributed by atoms with Crippen LogP contribution < -0.4 is 0 Å². The molecule has 3 aromatic heterocycles. The first-order valence-corrected chi connectivity index (χ1v) is 12.1. The van der Waals surface area contributed by atoms with Crippen molar-refractivity contribution in [3.63, 3.8) is 0 Å². The van der Waals surface area contributed by atoms with Crippen LogP contribution in [0.1, 0.15) is 45.5 Å². The van der Waals surface area contributed by atoms with Crippen molar-refractivity contribution in [1.29, 1.82) is 0 Å². The van der Waals surface area contributed by atoms with Gasteiger partial charge in [-0.1, -0.05) is 12.1 Å². The average Bonchev–Trinajstić information content (AvgIpc) is 3.62. The lowest BCUT2D eigenvalue weighted by Gasteiger charge is -2.27. The number of hydrogen-bond donors (Lipinski definition) is 2. The van der Waals surface area contributed by atoms with Crippen LogP contribution in [0.4, 0.5) is 4.79 Å². The van der Waals surface area contributed by atoms with Crippen molar-refractivity contribution < 1.29 is 9.53 Å². The Labute approximate surface area is 208 Å². The number of aromatic amines is 2. The maximum atomic E-state index is 12.7. The SMILES string of the molecule is CC(C)(C)OC(=O)N1CCC[C@H]1c1nc2ccc(-c3cnc4cc(-c5c[nH]cn5)ccc4n3)cc2[nH]1. The summed E-state index contributed by atoms with van der Waals surface area (Å²) >= 11 is 0. The zero-order chi connectivity index (χ0) is 24.9. The Morgan fingerprint density at radius 1 is 1.00 bits per heavy atom. The zero-order valence-corrected chi connectivity index (χ0v) is 20.4. The molecule has 0 aliphatic carbocycles. The average molecular weight is 482 g/mol. The fourth-order valence-corrected chi connectivity index (χ4v) is 4.66. The second-order valence-corrected chi connectivity index (χ2v) is 10.1. The van der Waals surface area contributed by atoms with Crippen LogP contribution in [-0.2, 0) is 4.74 Å².